The lowest BCUT2D eigenvalue weighted by atomic mass is 9.85. The molecule has 78 heavy (non-hydrogen) atoms. The number of nitrogens with two attached hydrogens (primary N) is 1. The second-order valence-electron chi connectivity index (χ2n) is 21.0. The first-order valence-corrected chi connectivity index (χ1v) is 26.6. The molecule has 6 amide bonds. The molecule has 3 aliphatic heterocycles. The summed E-state index contributed by atoms with van der Waals surface area (Å²) in [4.78, 5) is 99.6. The molecule has 2 aromatic carbocycles. The SMILES string of the molecule is [C-]#[N+]c1c2c(nn1CCNC(=O)CCOCCOCCC(=O)N[C@@H]1C[C@H](C(=O)N[C@@H](CC)c3ccccc3)N(C(=O)[C@H](NC(=O)[C@@H](C)NC)C(C)(C)C)C1)CN(C)C(=O)c1ccc(F)cc1[C@H]1CCCN1c1nc-2cnc1N. The zero-order valence-corrected chi connectivity index (χ0v) is 45.6. The van der Waals surface area contributed by atoms with Crippen LogP contribution in [0.15, 0.2) is 54.7 Å². The maximum Gasteiger partial charge on any atom is 0.262 e. The van der Waals surface area contributed by atoms with E-state index in [1.807, 2.05) is 62.9 Å². The molecule has 0 aliphatic carbocycles. The normalized spacial score (nSPS) is 18.3. The Labute approximate surface area is 454 Å². The van der Waals surface area contributed by atoms with Gasteiger partial charge in [0.25, 0.3) is 11.7 Å². The predicted molar refractivity (Wildman–Crippen MR) is 289 cm³/mol. The largest absolute Gasteiger partial charge is 0.381 e. The molecule has 7 rings (SSSR count). The van der Waals surface area contributed by atoms with Gasteiger partial charge in [0.2, 0.25) is 29.5 Å². The van der Waals surface area contributed by atoms with Crippen LogP contribution in [0.2, 0.25) is 0 Å². The Balaban J connectivity index is 0.876. The van der Waals surface area contributed by atoms with Crippen LogP contribution in [-0.4, -0.2) is 149 Å². The summed E-state index contributed by atoms with van der Waals surface area (Å²) in [7, 11) is 3.27. The Kier molecular flexibility index (Phi) is 19.5. The fraction of sp³-hybridized carbons (Fsp3) is 0.527. The Morgan fingerprint density at radius 2 is 1.72 bits per heavy atom. The number of amides is 6. The number of hydrogen-bond donors (Lipinski definition) is 6. The van der Waals surface area contributed by atoms with Gasteiger partial charge in [-0.15, -0.1) is 5.10 Å². The molecule has 2 aromatic heterocycles. The minimum Gasteiger partial charge on any atom is -0.381 e. The van der Waals surface area contributed by atoms with E-state index in [1.165, 1.54) is 38.9 Å². The zero-order chi connectivity index (χ0) is 56.3. The van der Waals surface area contributed by atoms with Crippen molar-refractivity contribution in [3.05, 3.63) is 94.3 Å². The maximum absolute atomic E-state index is 14.7. The zero-order valence-electron chi connectivity index (χ0n) is 45.6. The molecule has 2 fully saturated rings. The van der Waals surface area contributed by atoms with Crippen LogP contribution in [0.1, 0.15) is 112 Å². The van der Waals surface area contributed by atoms with E-state index >= 15 is 0 Å². The molecule has 0 saturated carbocycles. The predicted octanol–water partition coefficient (Wildman–Crippen LogP) is 3.96. The quantitative estimate of drug-likeness (QED) is 0.0510. The van der Waals surface area contributed by atoms with Crippen LogP contribution in [0.4, 0.5) is 21.8 Å². The molecule has 7 N–H and O–H groups in total. The van der Waals surface area contributed by atoms with Crippen molar-refractivity contribution in [2.45, 2.75) is 122 Å². The summed E-state index contributed by atoms with van der Waals surface area (Å²) in [5.74, 6) is -1.89. The van der Waals surface area contributed by atoms with E-state index in [-0.39, 0.29) is 125 Å². The Hall–Kier alpha value is -7.55. The van der Waals surface area contributed by atoms with Gasteiger partial charge in [-0.2, -0.15) is 4.68 Å². The van der Waals surface area contributed by atoms with Gasteiger partial charge >= 0.3 is 0 Å². The van der Waals surface area contributed by atoms with Crippen LogP contribution in [0, 0.1) is 17.8 Å². The molecular formula is C55H73FN14O8. The number of nitrogens with one attached hydrogen (secondary N) is 5. The van der Waals surface area contributed by atoms with Gasteiger partial charge in [-0.3, -0.25) is 28.8 Å². The number of benzene rings is 2. The summed E-state index contributed by atoms with van der Waals surface area (Å²) >= 11 is 0. The number of hydrogen-bond acceptors (Lipinski definition) is 14. The first kappa shape index (κ1) is 58.1. The number of likely N-dealkylation sites (tertiary alicyclic amines) is 1. The van der Waals surface area contributed by atoms with E-state index in [2.05, 4.69) is 36.4 Å². The monoisotopic (exact) mass is 1080 g/mol. The Morgan fingerprint density at radius 3 is 2.40 bits per heavy atom. The van der Waals surface area contributed by atoms with Crippen LogP contribution >= 0.6 is 0 Å². The third-order valence-corrected chi connectivity index (χ3v) is 14.4. The Morgan fingerprint density at radius 1 is 1.00 bits per heavy atom. The fourth-order valence-electron chi connectivity index (χ4n) is 10.1. The van der Waals surface area contributed by atoms with E-state index in [1.54, 1.807) is 21.0 Å². The van der Waals surface area contributed by atoms with Gasteiger partial charge in [-0.1, -0.05) is 64.6 Å². The molecule has 0 unspecified atom stereocenters. The lowest BCUT2D eigenvalue weighted by molar-refractivity contribution is -0.144. The number of nitrogen functional groups attached to an aromatic ring is 1. The highest BCUT2D eigenvalue weighted by atomic mass is 19.1. The van der Waals surface area contributed by atoms with E-state index in [4.69, 9.17) is 31.9 Å². The van der Waals surface area contributed by atoms with Crippen LogP contribution in [0.5, 0.6) is 0 Å². The lowest BCUT2D eigenvalue weighted by Gasteiger charge is -2.36. The number of likely N-dealkylation sites (N-methyl/N-ethyl adjacent to an activating group) is 1. The van der Waals surface area contributed by atoms with Crippen LogP contribution < -0.4 is 37.2 Å². The second-order valence-corrected chi connectivity index (χ2v) is 21.0. The molecular weight excluding hydrogens is 1000 g/mol. The molecule has 2 bridgehead atoms. The van der Waals surface area contributed by atoms with Crippen molar-refractivity contribution in [1.29, 1.82) is 0 Å². The molecule has 418 valence electrons. The van der Waals surface area contributed by atoms with Crippen molar-refractivity contribution in [2.24, 2.45) is 5.41 Å². The molecule has 4 aromatic rings. The number of fused-ring (bicyclic) bond motifs is 8. The molecule has 0 spiro atoms. The number of nitrogens with zero attached hydrogens (tertiary/aromatic N) is 8. The average Bonchev–Trinajstić information content (AvgIpc) is 4.19. The molecule has 23 heteroatoms. The number of ether oxygens (including phenoxy) is 2. The van der Waals surface area contributed by atoms with Crippen LogP contribution in [-0.2, 0) is 46.5 Å². The standard InChI is InChI=1S/C55H73FN14O8/c1-9-39(34-14-11-10-12-15-34)64-52(74)43-29-36(31-69(43)54(76)47(55(3,4)5)65-51(73)33(2)58-6)62-45(72)20-25-78-27-26-77-24-19-44(71)60-21-23-70-49(59-7)46-40-30-61-48(57)50(63-40)68-22-13-16-42(68)38-28-35(56)17-18-37(38)53(75)67(8)32-41(46)66-70/h10-12,14-15,17-18,28,30,33,36,39,42-43,47,58H,9,13,16,19-27,29,31-32H2,1-6,8H3,(H2,57,61)(H,60,71)(H,62,72)(H,64,74)(H,65,73)/t33-,36-,39+,42-,43-,47+/m1/s1. The van der Waals surface area contributed by atoms with E-state index < -0.39 is 41.3 Å². The van der Waals surface area contributed by atoms with Crippen molar-refractivity contribution in [3.63, 3.8) is 0 Å². The van der Waals surface area contributed by atoms with Gasteiger partial charge in [0.1, 0.15) is 30.1 Å². The molecule has 22 nitrogen and oxygen atoms in total. The number of carbonyl (C=O) groups excluding carboxylic acids is 6. The van der Waals surface area contributed by atoms with Crippen LogP contribution in [0.25, 0.3) is 16.1 Å². The summed E-state index contributed by atoms with van der Waals surface area (Å²) in [5.41, 5.74) is 8.59. The van der Waals surface area contributed by atoms with Gasteiger partial charge in [0.05, 0.1) is 75.1 Å². The number of anilines is 2. The highest BCUT2D eigenvalue weighted by Crippen LogP contribution is 2.42. The topological polar surface area (TPSA) is 265 Å². The molecule has 6 atom stereocenters. The van der Waals surface area contributed by atoms with Gasteiger partial charge in [0.15, 0.2) is 11.6 Å². The molecule has 0 radical (unpaired) electrons. The minimum absolute atomic E-state index is 0.00354. The fourth-order valence-corrected chi connectivity index (χ4v) is 10.1. The van der Waals surface area contributed by atoms with E-state index in [0.717, 1.165) is 12.0 Å². The molecule has 5 heterocycles. The number of rotatable bonds is 21. The number of aromatic nitrogens is 4. The van der Waals surface area contributed by atoms with Crippen molar-refractivity contribution in [1.82, 2.24) is 56.1 Å². The van der Waals surface area contributed by atoms with E-state index in [9.17, 15) is 33.2 Å². The third-order valence-electron chi connectivity index (χ3n) is 14.4. The van der Waals surface area contributed by atoms with Gasteiger partial charge < -0.3 is 61.3 Å². The number of carbonyl (C=O) groups is 6. The summed E-state index contributed by atoms with van der Waals surface area (Å²) in [6, 6.07) is 10.0. The van der Waals surface area contributed by atoms with Crippen molar-refractivity contribution < 1.29 is 42.6 Å². The van der Waals surface area contributed by atoms with Gasteiger partial charge in [-0.05, 0) is 74.4 Å². The number of halogens is 1. The van der Waals surface area contributed by atoms with Crippen LogP contribution in [0.3, 0.4) is 0 Å². The first-order valence-electron chi connectivity index (χ1n) is 26.6. The smallest absolute Gasteiger partial charge is 0.262 e. The summed E-state index contributed by atoms with van der Waals surface area (Å²) in [5, 5.41) is 19.4. The average molecular weight is 1080 g/mol. The van der Waals surface area contributed by atoms with Crippen molar-refractivity contribution in [2.75, 3.05) is 70.8 Å². The summed E-state index contributed by atoms with van der Waals surface area (Å²) in [6.07, 6.45) is 3.69. The minimum atomic E-state index is -0.953. The van der Waals surface area contributed by atoms with Crippen molar-refractivity contribution in [3.8, 4) is 11.3 Å². The Bertz CT molecular complexity index is 2850. The molecule has 3 aliphatic rings. The van der Waals surface area contributed by atoms with Gasteiger partial charge in [-0.25, -0.2) is 14.4 Å². The summed E-state index contributed by atoms with van der Waals surface area (Å²) in [6.45, 7) is 18.7. The maximum atomic E-state index is 14.7. The van der Waals surface area contributed by atoms with Crippen molar-refractivity contribution >= 4 is 52.9 Å². The summed E-state index contributed by atoms with van der Waals surface area (Å²) < 4.78 is 27.5. The highest BCUT2D eigenvalue weighted by molar-refractivity contribution is 5.96. The highest BCUT2D eigenvalue weighted by Gasteiger charge is 2.46. The second kappa shape index (κ2) is 26.2. The first-order chi connectivity index (χ1) is 37.3. The van der Waals surface area contributed by atoms with Gasteiger partial charge in [0, 0.05) is 44.6 Å². The lowest BCUT2D eigenvalue weighted by Crippen LogP contribution is -2.59. The van der Waals surface area contributed by atoms with E-state index in [0.29, 0.717) is 53.3 Å². The molecule has 2 saturated heterocycles. The third kappa shape index (κ3) is 13.9.